The van der Waals surface area contributed by atoms with Gasteiger partial charge in [-0.1, -0.05) is 18.2 Å². The van der Waals surface area contributed by atoms with E-state index in [1.54, 1.807) is 30.3 Å². The number of hydrogen-bond donors (Lipinski definition) is 2. The van der Waals surface area contributed by atoms with Crippen molar-refractivity contribution in [3.8, 4) is 0 Å². The molecule has 0 aliphatic heterocycles. The van der Waals surface area contributed by atoms with E-state index in [1.165, 1.54) is 30.5 Å². The molecule has 0 aliphatic carbocycles. The third kappa shape index (κ3) is 5.24. The lowest BCUT2D eigenvalue weighted by molar-refractivity contribution is 0.0940. The zero-order valence-corrected chi connectivity index (χ0v) is 14.4. The zero-order chi connectivity index (χ0) is 19.1. The van der Waals surface area contributed by atoms with E-state index in [0.717, 1.165) is 5.56 Å². The zero-order valence-electron chi connectivity index (χ0n) is 14.4. The molecule has 3 rings (SSSR count). The van der Waals surface area contributed by atoms with Gasteiger partial charge in [0, 0.05) is 6.54 Å². The molecule has 0 bridgehead atoms. The quantitative estimate of drug-likeness (QED) is 0.672. The first-order chi connectivity index (χ1) is 13.1. The fraction of sp³-hybridized carbons (Fsp3) is 0.150. The standard InChI is InChI=1S/C20H18FN3O3/c21-15-8-6-14(7-9-15)10-11-22-19(25)17-4-1-5-18(24-17)20(26)23-13-16-3-2-12-27-16/h1-9,12H,10-11,13H2,(H,22,25)(H,23,26). The van der Waals surface area contributed by atoms with Crippen molar-refractivity contribution in [2.45, 2.75) is 13.0 Å². The number of halogens is 1. The number of carbonyl (C=O) groups is 2. The van der Waals surface area contributed by atoms with E-state index in [4.69, 9.17) is 4.42 Å². The fourth-order valence-corrected chi connectivity index (χ4v) is 2.42. The maximum Gasteiger partial charge on any atom is 0.270 e. The highest BCUT2D eigenvalue weighted by Gasteiger charge is 2.12. The van der Waals surface area contributed by atoms with Gasteiger partial charge >= 0.3 is 0 Å². The molecule has 0 aliphatic rings. The molecule has 0 saturated heterocycles. The van der Waals surface area contributed by atoms with Crippen molar-refractivity contribution >= 4 is 11.8 Å². The van der Waals surface area contributed by atoms with Gasteiger partial charge in [0.2, 0.25) is 0 Å². The van der Waals surface area contributed by atoms with E-state index in [2.05, 4.69) is 15.6 Å². The molecule has 3 aromatic rings. The number of aromatic nitrogens is 1. The summed E-state index contributed by atoms with van der Waals surface area (Å²) in [5, 5.41) is 5.42. The Labute approximate surface area is 155 Å². The van der Waals surface area contributed by atoms with E-state index in [-0.39, 0.29) is 29.7 Å². The molecule has 0 radical (unpaired) electrons. The molecule has 27 heavy (non-hydrogen) atoms. The minimum absolute atomic E-state index is 0.146. The van der Waals surface area contributed by atoms with Gasteiger partial charge in [0.05, 0.1) is 12.8 Å². The second-order valence-corrected chi connectivity index (χ2v) is 5.80. The van der Waals surface area contributed by atoms with Crippen LogP contribution in [-0.4, -0.2) is 23.3 Å². The maximum absolute atomic E-state index is 12.9. The molecule has 0 saturated carbocycles. The number of carbonyl (C=O) groups excluding carboxylic acids is 2. The fourth-order valence-electron chi connectivity index (χ4n) is 2.42. The topological polar surface area (TPSA) is 84.2 Å². The summed E-state index contributed by atoms with van der Waals surface area (Å²) in [6.07, 6.45) is 2.09. The van der Waals surface area contributed by atoms with Crippen molar-refractivity contribution in [3.63, 3.8) is 0 Å². The Bertz CT molecular complexity index is 908. The highest BCUT2D eigenvalue weighted by Crippen LogP contribution is 2.04. The Balaban J connectivity index is 1.53. The van der Waals surface area contributed by atoms with Gasteiger partial charge < -0.3 is 15.1 Å². The van der Waals surface area contributed by atoms with Gasteiger partial charge in [-0.25, -0.2) is 9.37 Å². The molecule has 7 heteroatoms. The van der Waals surface area contributed by atoms with Crippen LogP contribution in [0.15, 0.2) is 65.3 Å². The van der Waals surface area contributed by atoms with Gasteiger partial charge in [0.15, 0.2) is 0 Å². The van der Waals surface area contributed by atoms with E-state index < -0.39 is 5.91 Å². The molecular formula is C20H18FN3O3. The van der Waals surface area contributed by atoms with Crippen LogP contribution in [0.4, 0.5) is 4.39 Å². The van der Waals surface area contributed by atoms with Gasteiger partial charge in [-0.2, -0.15) is 0 Å². The molecule has 0 spiro atoms. The van der Waals surface area contributed by atoms with Crippen LogP contribution in [0.1, 0.15) is 32.3 Å². The molecule has 0 fully saturated rings. The van der Waals surface area contributed by atoms with Crippen LogP contribution >= 0.6 is 0 Å². The van der Waals surface area contributed by atoms with Crippen molar-refractivity contribution in [1.29, 1.82) is 0 Å². The Morgan fingerprint density at radius 2 is 1.63 bits per heavy atom. The summed E-state index contributed by atoms with van der Waals surface area (Å²) in [7, 11) is 0. The maximum atomic E-state index is 12.9. The minimum Gasteiger partial charge on any atom is -0.467 e. The number of amides is 2. The molecule has 2 heterocycles. The van der Waals surface area contributed by atoms with Crippen LogP contribution in [0.2, 0.25) is 0 Å². The van der Waals surface area contributed by atoms with Crippen LogP contribution < -0.4 is 10.6 Å². The Hall–Kier alpha value is -3.48. The number of furan rings is 1. The normalized spacial score (nSPS) is 10.4. The number of nitrogens with one attached hydrogen (secondary N) is 2. The smallest absolute Gasteiger partial charge is 0.270 e. The summed E-state index contributed by atoms with van der Waals surface area (Å²) < 4.78 is 18.0. The summed E-state index contributed by atoms with van der Waals surface area (Å²) in [6, 6.07) is 14.3. The van der Waals surface area contributed by atoms with Crippen molar-refractivity contribution in [3.05, 3.63) is 89.4 Å². The SMILES string of the molecule is O=C(NCCc1ccc(F)cc1)c1cccc(C(=O)NCc2ccco2)n1. The predicted octanol–water partition coefficient (Wildman–Crippen LogP) is 2.72. The van der Waals surface area contributed by atoms with Crippen LogP contribution in [0.5, 0.6) is 0 Å². The Kier molecular flexibility index (Phi) is 5.94. The first kappa shape index (κ1) is 18.3. The highest BCUT2D eigenvalue weighted by molar-refractivity contribution is 5.96. The van der Waals surface area contributed by atoms with Crippen LogP contribution in [-0.2, 0) is 13.0 Å². The Morgan fingerprint density at radius 3 is 2.30 bits per heavy atom. The van der Waals surface area contributed by atoms with Crippen LogP contribution in [0, 0.1) is 5.82 Å². The lowest BCUT2D eigenvalue weighted by atomic mass is 10.1. The average molecular weight is 367 g/mol. The Morgan fingerprint density at radius 1 is 0.926 bits per heavy atom. The van der Waals surface area contributed by atoms with Gasteiger partial charge in [-0.15, -0.1) is 0 Å². The second kappa shape index (κ2) is 8.75. The van der Waals surface area contributed by atoms with Gasteiger partial charge in [0.1, 0.15) is 23.0 Å². The molecule has 2 aromatic heterocycles. The highest BCUT2D eigenvalue weighted by atomic mass is 19.1. The first-order valence-corrected chi connectivity index (χ1v) is 8.42. The van der Waals surface area contributed by atoms with Gasteiger partial charge in [-0.05, 0) is 48.4 Å². The molecule has 0 atom stereocenters. The summed E-state index contributed by atoms with van der Waals surface area (Å²) in [5.74, 6) is -0.447. The summed E-state index contributed by atoms with van der Waals surface area (Å²) in [6.45, 7) is 0.614. The average Bonchev–Trinajstić information content (AvgIpc) is 3.21. The van der Waals surface area contributed by atoms with E-state index in [1.807, 2.05) is 0 Å². The molecule has 138 valence electrons. The molecule has 2 N–H and O–H groups in total. The molecule has 6 nitrogen and oxygen atoms in total. The molecule has 2 amide bonds. The number of hydrogen-bond acceptors (Lipinski definition) is 4. The summed E-state index contributed by atoms with van der Waals surface area (Å²) in [4.78, 5) is 28.5. The second-order valence-electron chi connectivity index (χ2n) is 5.80. The number of rotatable bonds is 7. The molecule has 0 unspecified atom stereocenters. The number of nitrogens with zero attached hydrogens (tertiary/aromatic N) is 1. The first-order valence-electron chi connectivity index (χ1n) is 8.42. The van der Waals surface area contributed by atoms with Crippen molar-refractivity contribution in [2.75, 3.05) is 6.54 Å². The summed E-state index contributed by atoms with van der Waals surface area (Å²) in [5.41, 5.74) is 1.21. The van der Waals surface area contributed by atoms with Crippen molar-refractivity contribution in [2.24, 2.45) is 0 Å². The van der Waals surface area contributed by atoms with Crippen molar-refractivity contribution in [1.82, 2.24) is 15.6 Å². The van der Waals surface area contributed by atoms with E-state index in [0.29, 0.717) is 18.7 Å². The van der Waals surface area contributed by atoms with Crippen molar-refractivity contribution < 1.29 is 18.4 Å². The largest absolute Gasteiger partial charge is 0.467 e. The molecular weight excluding hydrogens is 349 g/mol. The predicted molar refractivity (Wildman–Crippen MR) is 96.6 cm³/mol. The lowest BCUT2D eigenvalue weighted by Crippen LogP contribution is -2.28. The molecule has 1 aromatic carbocycles. The summed E-state index contributed by atoms with van der Waals surface area (Å²) >= 11 is 0. The van der Waals surface area contributed by atoms with Gasteiger partial charge in [0.25, 0.3) is 11.8 Å². The third-order valence-electron chi connectivity index (χ3n) is 3.83. The van der Waals surface area contributed by atoms with E-state index in [9.17, 15) is 14.0 Å². The van der Waals surface area contributed by atoms with Crippen LogP contribution in [0.25, 0.3) is 0 Å². The van der Waals surface area contributed by atoms with E-state index >= 15 is 0 Å². The van der Waals surface area contributed by atoms with Crippen LogP contribution in [0.3, 0.4) is 0 Å². The monoisotopic (exact) mass is 367 g/mol. The number of benzene rings is 1. The number of pyridine rings is 1. The lowest BCUT2D eigenvalue weighted by Gasteiger charge is -2.07. The third-order valence-corrected chi connectivity index (χ3v) is 3.83. The van der Waals surface area contributed by atoms with Gasteiger partial charge in [-0.3, -0.25) is 9.59 Å². The minimum atomic E-state index is -0.396.